The Morgan fingerprint density at radius 2 is 1.89 bits per heavy atom. The summed E-state index contributed by atoms with van der Waals surface area (Å²) >= 11 is 0. The van der Waals surface area contributed by atoms with E-state index in [-0.39, 0.29) is 11.2 Å². The second-order valence-electron chi connectivity index (χ2n) is 6.65. The van der Waals surface area contributed by atoms with Crippen molar-refractivity contribution in [3.63, 3.8) is 0 Å². The molecule has 2 heteroatoms. The zero-order valence-corrected chi connectivity index (χ0v) is 12.1. The van der Waals surface area contributed by atoms with Crippen LogP contribution in [0.1, 0.15) is 57.8 Å². The van der Waals surface area contributed by atoms with Gasteiger partial charge in [0, 0.05) is 5.56 Å². The normalized spacial score (nSPS) is 15.5. The highest BCUT2D eigenvalue weighted by Gasteiger charge is 2.20. The van der Waals surface area contributed by atoms with E-state index in [0.717, 1.165) is 12.0 Å². The Labute approximate surface area is 110 Å². The zero-order chi connectivity index (χ0) is 13.9. The number of benzene rings is 1. The summed E-state index contributed by atoms with van der Waals surface area (Å²) < 4.78 is 13.6. The van der Waals surface area contributed by atoms with Gasteiger partial charge in [0.2, 0.25) is 0 Å². The van der Waals surface area contributed by atoms with Crippen molar-refractivity contribution in [3.05, 3.63) is 35.1 Å². The molecule has 1 rings (SSSR count). The molecule has 0 radical (unpaired) electrons. The predicted molar refractivity (Wildman–Crippen MR) is 73.9 cm³/mol. The van der Waals surface area contributed by atoms with Crippen molar-refractivity contribution in [2.45, 2.75) is 53.6 Å². The summed E-state index contributed by atoms with van der Waals surface area (Å²) in [6.45, 7) is 10.6. The van der Waals surface area contributed by atoms with Gasteiger partial charge in [0.05, 0.1) is 6.10 Å². The Balaban J connectivity index is 2.70. The maximum absolute atomic E-state index is 13.6. The van der Waals surface area contributed by atoms with Crippen molar-refractivity contribution < 1.29 is 9.50 Å². The van der Waals surface area contributed by atoms with Crippen LogP contribution in [-0.4, -0.2) is 5.11 Å². The zero-order valence-electron chi connectivity index (χ0n) is 12.1. The van der Waals surface area contributed by atoms with Crippen molar-refractivity contribution in [3.8, 4) is 0 Å². The first-order valence-electron chi connectivity index (χ1n) is 6.63. The summed E-state index contributed by atoms with van der Waals surface area (Å²) in [7, 11) is 0. The number of halogens is 1. The van der Waals surface area contributed by atoms with Gasteiger partial charge < -0.3 is 5.11 Å². The summed E-state index contributed by atoms with van der Waals surface area (Å²) in [6.07, 6.45) is 0.928. The molecular formula is C16H25FO. The van der Waals surface area contributed by atoms with Gasteiger partial charge in [0.15, 0.2) is 0 Å². The molecule has 0 heterocycles. The van der Waals surface area contributed by atoms with Gasteiger partial charge in [-0.3, -0.25) is 0 Å². The maximum Gasteiger partial charge on any atom is 0.129 e. The van der Waals surface area contributed by atoms with E-state index < -0.39 is 6.10 Å². The van der Waals surface area contributed by atoms with Crippen molar-refractivity contribution in [1.29, 1.82) is 0 Å². The summed E-state index contributed by atoms with van der Waals surface area (Å²) in [4.78, 5) is 0. The number of aliphatic hydroxyl groups excluding tert-OH is 1. The SMILES string of the molecule is Cc1ccc(F)c(C(O)CC(C)CC(C)(C)C)c1. The summed E-state index contributed by atoms with van der Waals surface area (Å²) in [5, 5.41) is 10.2. The molecule has 0 bridgehead atoms. The van der Waals surface area contributed by atoms with Gasteiger partial charge in [-0.25, -0.2) is 4.39 Å². The highest BCUT2D eigenvalue weighted by molar-refractivity contribution is 5.25. The molecule has 2 unspecified atom stereocenters. The summed E-state index contributed by atoms with van der Waals surface area (Å²) in [5.74, 6) is 0.0657. The molecule has 0 aliphatic heterocycles. The number of aryl methyl sites for hydroxylation is 1. The van der Waals surface area contributed by atoms with Crippen molar-refractivity contribution >= 4 is 0 Å². The number of rotatable bonds is 4. The first kappa shape index (κ1) is 15.2. The number of hydrogen-bond acceptors (Lipinski definition) is 1. The van der Waals surface area contributed by atoms with Crippen LogP contribution < -0.4 is 0 Å². The molecule has 1 N–H and O–H groups in total. The van der Waals surface area contributed by atoms with Crippen LogP contribution in [-0.2, 0) is 0 Å². The molecule has 0 fully saturated rings. The second-order valence-corrected chi connectivity index (χ2v) is 6.65. The van der Waals surface area contributed by atoms with E-state index >= 15 is 0 Å². The molecule has 0 saturated heterocycles. The highest BCUT2D eigenvalue weighted by atomic mass is 19.1. The monoisotopic (exact) mass is 252 g/mol. The average molecular weight is 252 g/mol. The Hall–Kier alpha value is -0.890. The van der Waals surface area contributed by atoms with Crippen molar-refractivity contribution in [1.82, 2.24) is 0 Å². The molecule has 0 spiro atoms. The third-order valence-corrected chi connectivity index (χ3v) is 3.10. The van der Waals surface area contributed by atoms with E-state index in [1.165, 1.54) is 6.07 Å². The molecule has 0 amide bonds. The minimum absolute atomic E-state index is 0.240. The van der Waals surface area contributed by atoms with Gasteiger partial charge in [-0.15, -0.1) is 0 Å². The molecule has 2 atom stereocenters. The topological polar surface area (TPSA) is 20.2 Å². The van der Waals surface area contributed by atoms with E-state index in [1.54, 1.807) is 12.1 Å². The second kappa shape index (κ2) is 5.83. The Morgan fingerprint density at radius 3 is 2.44 bits per heavy atom. The minimum Gasteiger partial charge on any atom is -0.388 e. The molecule has 1 nitrogen and oxygen atoms in total. The lowest BCUT2D eigenvalue weighted by molar-refractivity contribution is 0.130. The van der Waals surface area contributed by atoms with Crippen LogP contribution in [0, 0.1) is 24.1 Å². The molecule has 102 valence electrons. The third kappa shape index (κ3) is 4.77. The van der Waals surface area contributed by atoms with Crippen LogP contribution in [0.15, 0.2) is 18.2 Å². The van der Waals surface area contributed by atoms with Gasteiger partial charge in [0.25, 0.3) is 0 Å². The van der Waals surface area contributed by atoms with E-state index in [2.05, 4.69) is 27.7 Å². The van der Waals surface area contributed by atoms with E-state index in [9.17, 15) is 9.50 Å². The Kier molecular flexibility index (Phi) is 4.92. The molecule has 0 saturated carbocycles. The Bertz CT molecular complexity index is 393. The molecule has 1 aromatic rings. The minimum atomic E-state index is -0.706. The van der Waals surface area contributed by atoms with Crippen molar-refractivity contribution in [2.24, 2.45) is 11.3 Å². The van der Waals surface area contributed by atoms with Gasteiger partial charge in [-0.2, -0.15) is 0 Å². The highest BCUT2D eigenvalue weighted by Crippen LogP contribution is 2.31. The first-order valence-corrected chi connectivity index (χ1v) is 6.63. The Morgan fingerprint density at radius 1 is 1.28 bits per heavy atom. The third-order valence-electron chi connectivity index (χ3n) is 3.10. The molecule has 18 heavy (non-hydrogen) atoms. The number of aliphatic hydroxyl groups is 1. The first-order chi connectivity index (χ1) is 8.19. The van der Waals surface area contributed by atoms with Gasteiger partial charge in [-0.05, 0) is 37.2 Å². The largest absolute Gasteiger partial charge is 0.388 e. The van der Waals surface area contributed by atoms with Crippen LogP contribution in [0.4, 0.5) is 4.39 Å². The van der Waals surface area contributed by atoms with Crippen LogP contribution >= 0.6 is 0 Å². The lowest BCUT2D eigenvalue weighted by Gasteiger charge is -2.25. The van der Waals surface area contributed by atoms with Gasteiger partial charge in [0.1, 0.15) is 5.82 Å². The van der Waals surface area contributed by atoms with Crippen LogP contribution in [0.25, 0.3) is 0 Å². The summed E-state index contributed by atoms with van der Waals surface area (Å²) in [6, 6.07) is 4.90. The fraction of sp³-hybridized carbons (Fsp3) is 0.625. The number of hydrogen-bond donors (Lipinski definition) is 1. The fourth-order valence-corrected chi connectivity index (χ4v) is 2.56. The van der Waals surface area contributed by atoms with Gasteiger partial charge in [-0.1, -0.05) is 45.4 Å². The maximum atomic E-state index is 13.6. The quantitative estimate of drug-likeness (QED) is 0.828. The molecule has 0 aromatic heterocycles. The van der Waals surface area contributed by atoms with Crippen LogP contribution in [0.2, 0.25) is 0 Å². The molecule has 0 aliphatic rings. The fourth-order valence-electron chi connectivity index (χ4n) is 2.56. The molecule has 0 aliphatic carbocycles. The lowest BCUT2D eigenvalue weighted by Crippen LogP contribution is -2.14. The average Bonchev–Trinajstić information content (AvgIpc) is 2.18. The molecular weight excluding hydrogens is 227 g/mol. The van der Waals surface area contributed by atoms with E-state index in [4.69, 9.17) is 0 Å². The van der Waals surface area contributed by atoms with Gasteiger partial charge >= 0.3 is 0 Å². The van der Waals surface area contributed by atoms with Crippen LogP contribution in [0.5, 0.6) is 0 Å². The van der Waals surface area contributed by atoms with Crippen molar-refractivity contribution in [2.75, 3.05) is 0 Å². The van der Waals surface area contributed by atoms with Crippen LogP contribution in [0.3, 0.4) is 0 Å². The van der Waals surface area contributed by atoms with E-state index in [1.807, 2.05) is 6.92 Å². The summed E-state index contributed by atoms with van der Waals surface area (Å²) in [5.41, 5.74) is 1.65. The predicted octanol–water partition coefficient (Wildman–Crippen LogP) is 4.63. The molecule has 1 aromatic carbocycles. The standard InChI is InChI=1S/C16H25FO/c1-11-6-7-14(17)13(8-11)15(18)9-12(2)10-16(3,4)5/h6-8,12,15,18H,9-10H2,1-5H3. The van der Waals surface area contributed by atoms with E-state index in [0.29, 0.717) is 17.9 Å². The smallest absolute Gasteiger partial charge is 0.129 e. The lowest BCUT2D eigenvalue weighted by atomic mass is 9.82.